The summed E-state index contributed by atoms with van der Waals surface area (Å²) < 4.78 is 1.34. The molecule has 20 heavy (non-hydrogen) atoms. The number of benzene rings is 1. The molecule has 1 aromatic carbocycles. The summed E-state index contributed by atoms with van der Waals surface area (Å²) in [7, 11) is 0. The normalized spacial score (nSPS) is 14.2. The van der Waals surface area contributed by atoms with Crippen molar-refractivity contribution in [2.45, 2.75) is 12.8 Å². The van der Waals surface area contributed by atoms with Gasteiger partial charge in [0.05, 0.1) is 5.69 Å². The van der Waals surface area contributed by atoms with Crippen LogP contribution < -0.4 is 10.9 Å². The first-order chi connectivity index (χ1) is 9.72. The fourth-order valence-electron chi connectivity index (χ4n) is 2.12. The van der Waals surface area contributed by atoms with Crippen LogP contribution in [-0.4, -0.2) is 15.6 Å². The van der Waals surface area contributed by atoms with Crippen molar-refractivity contribution < 1.29 is 4.79 Å². The van der Waals surface area contributed by atoms with E-state index in [1.165, 1.54) is 10.7 Å². The molecule has 0 fully saturated rings. The molecule has 0 radical (unpaired) electrons. The third kappa shape index (κ3) is 2.51. The van der Waals surface area contributed by atoms with Gasteiger partial charge in [0.2, 0.25) is 0 Å². The van der Waals surface area contributed by atoms with Gasteiger partial charge in [-0.1, -0.05) is 0 Å². The van der Waals surface area contributed by atoms with Crippen LogP contribution in [0, 0.1) is 0 Å². The van der Waals surface area contributed by atoms with Crippen LogP contribution in [0.2, 0.25) is 0 Å². The maximum atomic E-state index is 11.7. The van der Waals surface area contributed by atoms with Crippen LogP contribution in [-0.2, 0) is 4.79 Å². The van der Waals surface area contributed by atoms with Gasteiger partial charge in [0.1, 0.15) is 0 Å². The van der Waals surface area contributed by atoms with Gasteiger partial charge < -0.3 is 5.32 Å². The Labute approximate surface area is 115 Å². The molecule has 0 spiro atoms. The topological polar surface area (TPSA) is 64.0 Å². The van der Waals surface area contributed by atoms with Crippen molar-refractivity contribution in [2.24, 2.45) is 0 Å². The summed E-state index contributed by atoms with van der Waals surface area (Å²) >= 11 is 0. The Morgan fingerprint density at radius 1 is 1.05 bits per heavy atom. The first-order valence-corrected chi connectivity index (χ1v) is 6.37. The third-order valence-electron chi connectivity index (χ3n) is 3.11. The number of hydrogen-bond acceptors (Lipinski definition) is 4. The molecule has 0 aliphatic heterocycles. The summed E-state index contributed by atoms with van der Waals surface area (Å²) in [5.74, 6) is 0.157. The summed E-state index contributed by atoms with van der Waals surface area (Å²) in [5, 5.41) is 7.22. The van der Waals surface area contributed by atoms with E-state index in [2.05, 4.69) is 10.4 Å². The van der Waals surface area contributed by atoms with E-state index in [-0.39, 0.29) is 11.3 Å². The smallest absolute Gasteiger partial charge is 0.271 e. The van der Waals surface area contributed by atoms with Crippen molar-refractivity contribution in [2.75, 3.05) is 5.32 Å². The van der Waals surface area contributed by atoms with Gasteiger partial charge in [-0.3, -0.25) is 9.59 Å². The second-order valence-electron chi connectivity index (χ2n) is 4.58. The Balaban J connectivity index is 1.82. The zero-order chi connectivity index (χ0) is 13.9. The molecule has 1 N–H and O–H groups in total. The number of carbonyl (C=O) groups is 1. The average molecular weight is 267 g/mol. The Hall–Kier alpha value is -2.69. The second kappa shape index (κ2) is 5.13. The van der Waals surface area contributed by atoms with Crippen LogP contribution in [0.3, 0.4) is 0 Å². The van der Waals surface area contributed by atoms with Crippen molar-refractivity contribution in [1.29, 1.82) is 0 Å². The highest BCUT2D eigenvalue weighted by atomic mass is 16.1. The van der Waals surface area contributed by atoms with Gasteiger partial charge in [-0.25, -0.2) is 0 Å². The zero-order valence-corrected chi connectivity index (χ0v) is 10.7. The molecule has 0 atom stereocenters. The van der Waals surface area contributed by atoms with E-state index < -0.39 is 0 Å². The number of ketones is 1. The lowest BCUT2D eigenvalue weighted by Gasteiger charge is -2.08. The lowest BCUT2D eigenvalue weighted by Crippen LogP contribution is -2.18. The van der Waals surface area contributed by atoms with E-state index in [0.29, 0.717) is 12.1 Å². The van der Waals surface area contributed by atoms with Gasteiger partial charge in [-0.2, -0.15) is 9.78 Å². The second-order valence-corrected chi connectivity index (χ2v) is 4.58. The molecule has 0 saturated heterocycles. The van der Waals surface area contributed by atoms with E-state index in [1.807, 2.05) is 24.3 Å². The minimum atomic E-state index is -0.169. The highest BCUT2D eigenvalue weighted by Gasteiger charge is 2.11. The first-order valence-electron chi connectivity index (χ1n) is 6.37. The number of carbonyl (C=O) groups excluding carboxylic acids is 1. The minimum absolute atomic E-state index is 0.157. The van der Waals surface area contributed by atoms with E-state index >= 15 is 0 Å². The monoisotopic (exact) mass is 267 g/mol. The summed E-state index contributed by atoms with van der Waals surface area (Å²) in [4.78, 5) is 22.8. The van der Waals surface area contributed by atoms with Crippen LogP contribution in [0.5, 0.6) is 0 Å². The maximum Gasteiger partial charge on any atom is 0.271 e. The predicted octanol–water partition coefficient (Wildman–Crippen LogP) is 1.89. The van der Waals surface area contributed by atoms with Crippen molar-refractivity contribution in [3.8, 4) is 5.69 Å². The number of nitrogens with zero attached hydrogens (tertiary/aromatic N) is 2. The van der Waals surface area contributed by atoms with Crippen LogP contribution in [0.25, 0.3) is 5.69 Å². The summed E-state index contributed by atoms with van der Waals surface area (Å²) in [5.41, 5.74) is 2.35. The van der Waals surface area contributed by atoms with E-state index in [9.17, 15) is 9.59 Å². The van der Waals surface area contributed by atoms with Gasteiger partial charge in [-0.15, -0.1) is 0 Å². The molecule has 5 nitrogen and oxygen atoms in total. The SMILES string of the molecule is O=C1C=C(Nc2ccc(-n3ncccc3=O)cc2)CC1. The molecule has 3 rings (SSSR count). The molecule has 0 bridgehead atoms. The number of anilines is 1. The van der Waals surface area contributed by atoms with Gasteiger partial charge >= 0.3 is 0 Å². The van der Waals surface area contributed by atoms with Crippen LogP contribution in [0.1, 0.15) is 12.8 Å². The molecular formula is C15H13N3O2. The molecule has 5 heteroatoms. The van der Waals surface area contributed by atoms with Gasteiger partial charge in [0, 0.05) is 36.1 Å². The molecule has 1 heterocycles. The maximum absolute atomic E-state index is 11.7. The lowest BCUT2D eigenvalue weighted by molar-refractivity contribution is -0.114. The Morgan fingerprint density at radius 2 is 1.85 bits per heavy atom. The van der Waals surface area contributed by atoms with Crippen molar-refractivity contribution in [1.82, 2.24) is 9.78 Å². The van der Waals surface area contributed by atoms with Gasteiger partial charge in [0.15, 0.2) is 5.78 Å². The lowest BCUT2D eigenvalue weighted by atomic mass is 10.2. The number of nitrogens with one attached hydrogen (secondary N) is 1. The molecular weight excluding hydrogens is 254 g/mol. The van der Waals surface area contributed by atoms with E-state index in [4.69, 9.17) is 0 Å². The van der Waals surface area contributed by atoms with Crippen LogP contribution in [0.4, 0.5) is 5.69 Å². The summed E-state index contributed by atoms with van der Waals surface area (Å²) in [6, 6.07) is 10.4. The van der Waals surface area contributed by atoms with Crippen molar-refractivity contribution in [3.63, 3.8) is 0 Å². The highest BCUT2D eigenvalue weighted by Crippen LogP contribution is 2.19. The standard InChI is InChI=1S/C15H13N3O2/c19-14-8-5-12(10-14)17-11-3-6-13(7-4-11)18-15(20)2-1-9-16-18/h1-4,6-7,9-10,17H,5,8H2. The molecule has 100 valence electrons. The summed E-state index contributed by atoms with van der Waals surface area (Å²) in [6.07, 6.45) is 4.53. The number of aromatic nitrogens is 2. The average Bonchev–Trinajstić information content (AvgIpc) is 2.86. The molecule has 2 aromatic rings. The molecule has 1 aromatic heterocycles. The van der Waals surface area contributed by atoms with E-state index in [0.717, 1.165) is 17.8 Å². The summed E-state index contributed by atoms with van der Waals surface area (Å²) in [6.45, 7) is 0. The Morgan fingerprint density at radius 3 is 2.50 bits per heavy atom. The minimum Gasteiger partial charge on any atom is -0.359 e. The fourth-order valence-corrected chi connectivity index (χ4v) is 2.12. The Bertz CT molecular complexity index is 729. The molecule has 0 unspecified atom stereocenters. The predicted molar refractivity (Wildman–Crippen MR) is 75.8 cm³/mol. The first kappa shape index (κ1) is 12.3. The van der Waals surface area contributed by atoms with Crippen molar-refractivity contribution >= 4 is 11.5 Å². The van der Waals surface area contributed by atoms with Gasteiger partial charge in [-0.05, 0) is 36.8 Å². The third-order valence-corrected chi connectivity index (χ3v) is 3.11. The molecule has 1 aliphatic carbocycles. The zero-order valence-electron chi connectivity index (χ0n) is 10.7. The number of rotatable bonds is 3. The quantitative estimate of drug-likeness (QED) is 0.922. The van der Waals surface area contributed by atoms with Crippen LogP contribution in [0.15, 0.2) is 59.2 Å². The fraction of sp³-hybridized carbons (Fsp3) is 0.133. The van der Waals surface area contributed by atoms with E-state index in [1.54, 1.807) is 18.3 Å². The highest BCUT2D eigenvalue weighted by molar-refractivity contribution is 5.93. The Kier molecular flexibility index (Phi) is 3.16. The van der Waals surface area contributed by atoms with Gasteiger partial charge in [0.25, 0.3) is 5.56 Å². The molecule has 0 amide bonds. The molecule has 1 aliphatic rings. The van der Waals surface area contributed by atoms with Crippen molar-refractivity contribution in [3.05, 3.63) is 64.7 Å². The van der Waals surface area contributed by atoms with Crippen LogP contribution >= 0.6 is 0 Å². The number of hydrogen-bond donors (Lipinski definition) is 1. The largest absolute Gasteiger partial charge is 0.359 e. The number of allylic oxidation sites excluding steroid dienone is 2. The molecule has 0 saturated carbocycles.